The molecule has 0 spiro atoms. The summed E-state index contributed by atoms with van der Waals surface area (Å²) in [6.07, 6.45) is 0. The molecule has 0 aliphatic carbocycles. The Labute approximate surface area is 186 Å². The average molecular weight is 443 g/mol. The van der Waals surface area contributed by atoms with Crippen molar-refractivity contribution in [3.63, 3.8) is 0 Å². The topological polar surface area (TPSA) is 86.2 Å². The van der Waals surface area contributed by atoms with Crippen LogP contribution in [0.3, 0.4) is 0 Å². The Morgan fingerprint density at radius 2 is 1.67 bits per heavy atom. The number of anilines is 1. The second-order valence-electron chi connectivity index (χ2n) is 7.68. The monoisotopic (exact) mass is 443 g/mol. The fraction of sp³-hybridized carbons (Fsp3) is 0.0800. The van der Waals surface area contributed by atoms with Crippen molar-refractivity contribution >= 4 is 33.7 Å². The number of benzene rings is 3. The van der Waals surface area contributed by atoms with Crippen LogP contribution >= 0.6 is 0 Å². The Kier molecular flexibility index (Phi) is 4.90. The highest BCUT2D eigenvalue weighted by atomic mass is 19.1. The van der Waals surface area contributed by atoms with Crippen LogP contribution in [0.5, 0.6) is 0 Å². The van der Waals surface area contributed by atoms with Gasteiger partial charge in [0, 0.05) is 11.1 Å². The van der Waals surface area contributed by atoms with Gasteiger partial charge in [-0.15, -0.1) is 0 Å². The lowest BCUT2D eigenvalue weighted by Crippen LogP contribution is -2.40. The smallest absolute Gasteiger partial charge is 0.336 e. The molecule has 0 atom stereocenters. The van der Waals surface area contributed by atoms with Gasteiger partial charge in [-0.2, -0.15) is 0 Å². The number of para-hydroxylation sites is 1. The maximum Gasteiger partial charge on any atom is 0.336 e. The van der Waals surface area contributed by atoms with E-state index in [1.807, 2.05) is 6.92 Å². The maximum atomic E-state index is 13.5. The number of halogens is 1. The first kappa shape index (κ1) is 20.4. The molecule has 2 aromatic heterocycles. The number of hydrogen-bond donors (Lipinski definition) is 1. The van der Waals surface area contributed by atoms with E-state index in [-0.39, 0.29) is 17.6 Å². The molecule has 5 rings (SSSR count). The first-order valence-corrected chi connectivity index (χ1v) is 10.2. The van der Waals surface area contributed by atoms with Crippen molar-refractivity contribution in [3.05, 3.63) is 105 Å². The molecule has 0 aliphatic rings. The van der Waals surface area contributed by atoms with Crippen molar-refractivity contribution in [1.82, 2.24) is 9.13 Å². The van der Waals surface area contributed by atoms with Gasteiger partial charge in [-0.1, -0.05) is 29.8 Å². The average Bonchev–Trinajstić information content (AvgIpc) is 3.19. The number of furan rings is 1. The molecule has 3 aromatic carbocycles. The van der Waals surface area contributed by atoms with E-state index in [9.17, 15) is 18.8 Å². The van der Waals surface area contributed by atoms with Gasteiger partial charge in [-0.25, -0.2) is 13.8 Å². The molecule has 0 saturated heterocycles. The number of aryl methyl sites for hydroxylation is 1. The molecule has 7 nitrogen and oxygen atoms in total. The predicted octanol–water partition coefficient (Wildman–Crippen LogP) is 3.98. The highest BCUT2D eigenvalue weighted by Gasteiger charge is 2.22. The minimum atomic E-state index is -0.669. The number of amides is 1. The third-order valence-corrected chi connectivity index (χ3v) is 5.38. The fourth-order valence-corrected chi connectivity index (χ4v) is 3.80. The van der Waals surface area contributed by atoms with Gasteiger partial charge in [0.05, 0.1) is 5.69 Å². The summed E-state index contributed by atoms with van der Waals surface area (Å²) in [7, 11) is 0. The summed E-state index contributed by atoms with van der Waals surface area (Å²) in [6.45, 7) is 1.52. The van der Waals surface area contributed by atoms with Gasteiger partial charge in [-0.05, 0) is 55.5 Å². The number of fused-ring (bicyclic) bond motifs is 3. The van der Waals surface area contributed by atoms with E-state index in [4.69, 9.17) is 4.42 Å². The third kappa shape index (κ3) is 3.61. The van der Waals surface area contributed by atoms with Crippen molar-refractivity contribution in [2.75, 3.05) is 5.32 Å². The lowest BCUT2D eigenvalue weighted by Gasteiger charge is -2.12. The Morgan fingerprint density at radius 3 is 2.39 bits per heavy atom. The second kappa shape index (κ2) is 7.90. The van der Waals surface area contributed by atoms with Gasteiger partial charge in [0.25, 0.3) is 0 Å². The van der Waals surface area contributed by atoms with Gasteiger partial charge >= 0.3 is 11.2 Å². The molecule has 0 aliphatic heterocycles. The molecular weight excluding hydrogens is 425 g/mol. The third-order valence-electron chi connectivity index (χ3n) is 5.38. The van der Waals surface area contributed by atoms with Crippen LogP contribution in [-0.2, 0) is 11.3 Å². The quantitative estimate of drug-likeness (QED) is 0.455. The van der Waals surface area contributed by atoms with Crippen molar-refractivity contribution < 1.29 is 13.6 Å². The van der Waals surface area contributed by atoms with Crippen LogP contribution in [0, 0.1) is 12.7 Å². The number of rotatable bonds is 4. The molecular formula is C25H18FN3O4. The lowest BCUT2D eigenvalue weighted by atomic mass is 10.2. The SMILES string of the molecule is Cc1ccc(-n2c(=O)c3oc4ccccc4c3n(CC(=O)Nc3ccc(F)cc3)c2=O)cc1. The van der Waals surface area contributed by atoms with Gasteiger partial charge in [0.2, 0.25) is 11.5 Å². The van der Waals surface area contributed by atoms with E-state index in [2.05, 4.69) is 5.32 Å². The van der Waals surface area contributed by atoms with Gasteiger partial charge in [-0.3, -0.25) is 14.2 Å². The van der Waals surface area contributed by atoms with Crippen LogP contribution in [0.4, 0.5) is 10.1 Å². The molecule has 2 heterocycles. The van der Waals surface area contributed by atoms with Gasteiger partial charge in [0.15, 0.2) is 0 Å². The second-order valence-corrected chi connectivity index (χ2v) is 7.68. The van der Waals surface area contributed by atoms with Crippen LogP contribution in [0.2, 0.25) is 0 Å². The van der Waals surface area contributed by atoms with Crippen LogP contribution in [0.1, 0.15) is 5.56 Å². The van der Waals surface area contributed by atoms with Crippen LogP contribution in [-0.4, -0.2) is 15.0 Å². The predicted molar refractivity (Wildman–Crippen MR) is 123 cm³/mol. The molecule has 0 fully saturated rings. The lowest BCUT2D eigenvalue weighted by molar-refractivity contribution is -0.116. The fourth-order valence-electron chi connectivity index (χ4n) is 3.80. The summed E-state index contributed by atoms with van der Waals surface area (Å²) < 4.78 is 21.2. The van der Waals surface area contributed by atoms with Gasteiger partial charge in [0.1, 0.15) is 23.5 Å². The summed E-state index contributed by atoms with van der Waals surface area (Å²) in [4.78, 5) is 39.6. The summed E-state index contributed by atoms with van der Waals surface area (Å²) >= 11 is 0. The summed E-state index contributed by atoms with van der Waals surface area (Å²) in [5, 5.41) is 3.20. The number of nitrogens with zero attached hydrogens (tertiary/aromatic N) is 2. The minimum Gasteiger partial charge on any atom is -0.449 e. The first-order chi connectivity index (χ1) is 15.9. The van der Waals surface area contributed by atoms with Crippen molar-refractivity contribution in [3.8, 4) is 5.69 Å². The highest BCUT2D eigenvalue weighted by molar-refractivity contribution is 6.03. The summed E-state index contributed by atoms with van der Waals surface area (Å²) in [5.74, 6) is -0.939. The molecule has 33 heavy (non-hydrogen) atoms. The zero-order valence-electron chi connectivity index (χ0n) is 17.5. The zero-order valence-corrected chi connectivity index (χ0v) is 17.5. The highest BCUT2D eigenvalue weighted by Crippen LogP contribution is 2.26. The molecule has 0 saturated carbocycles. The number of carbonyl (C=O) groups excluding carboxylic acids is 1. The van der Waals surface area contributed by atoms with E-state index in [1.165, 1.54) is 28.8 Å². The molecule has 0 bridgehead atoms. The number of carbonyl (C=O) groups is 1. The Hall–Kier alpha value is -4.46. The molecule has 1 amide bonds. The van der Waals surface area contributed by atoms with Crippen LogP contribution in [0.15, 0.2) is 86.8 Å². The Bertz CT molecular complexity index is 1630. The molecule has 164 valence electrons. The van der Waals surface area contributed by atoms with E-state index >= 15 is 0 Å². The number of nitrogens with one attached hydrogen (secondary N) is 1. The summed E-state index contributed by atoms with van der Waals surface area (Å²) in [5.41, 5.74) is 1.10. The normalized spacial score (nSPS) is 11.2. The largest absolute Gasteiger partial charge is 0.449 e. The Balaban J connectivity index is 1.71. The standard InChI is InChI=1S/C25H18FN3O4/c1-15-6-12-18(13-7-15)29-24(31)23-22(19-4-2-3-5-20(19)33-23)28(25(29)32)14-21(30)27-17-10-8-16(26)9-11-17/h2-13H,14H2,1H3,(H,27,30). The van der Waals surface area contributed by atoms with Crippen molar-refractivity contribution in [1.29, 1.82) is 0 Å². The number of hydrogen-bond acceptors (Lipinski definition) is 4. The number of aromatic nitrogens is 2. The molecule has 8 heteroatoms. The van der Waals surface area contributed by atoms with E-state index in [0.29, 0.717) is 22.3 Å². The van der Waals surface area contributed by atoms with E-state index < -0.39 is 23.0 Å². The molecule has 0 radical (unpaired) electrons. The van der Waals surface area contributed by atoms with E-state index in [1.54, 1.807) is 48.5 Å². The van der Waals surface area contributed by atoms with Crippen molar-refractivity contribution in [2.45, 2.75) is 13.5 Å². The summed E-state index contributed by atoms with van der Waals surface area (Å²) in [6, 6.07) is 19.1. The zero-order chi connectivity index (χ0) is 23.1. The molecule has 5 aromatic rings. The molecule has 0 unspecified atom stereocenters. The van der Waals surface area contributed by atoms with Crippen LogP contribution < -0.4 is 16.6 Å². The maximum absolute atomic E-state index is 13.5. The van der Waals surface area contributed by atoms with Crippen molar-refractivity contribution in [2.24, 2.45) is 0 Å². The van der Waals surface area contributed by atoms with Crippen LogP contribution in [0.25, 0.3) is 27.8 Å². The van der Waals surface area contributed by atoms with E-state index in [0.717, 1.165) is 10.1 Å². The molecule has 1 N–H and O–H groups in total. The van der Waals surface area contributed by atoms with Gasteiger partial charge < -0.3 is 9.73 Å². The Morgan fingerprint density at radius 1 is 0.970 bits per heavy atom. The first-order valence-electron chi connectivity index (χ1n) is 10.2. The minimum absolute atomic E-state index is 0.0223.